The molecular formula is C15H27N3O. The van der Waals surface area contributed by atoms with E-state index in [2.05, 4.69) is 43.1 Å². The molecule has 0 saturated carbocycles. The number of nitrogens with one attached hydrogen (secondary N) is 1. The second-order valence-electron chi connectivity index (χ2n) is 6.78. The van der Waals surface area contributed by atoms with E-state index in [1.54, 1.807) is 0 Å². The van der Waals surface area contributed by atoms with Gasteiger partial charge in [-0.15, -0.1) is 0 Å². The molecule has 1 aliphatic rings. The molecule has 19 heavy (non-hydrogen) atoms. The van der Waals surface area contributed by atoms with Crippen molar-refractivity contribution in [2.24, 2.45) is 5.41 Å². The van der Waals surface area contributed by atoms with Crippen LogP contribution in [0.1, 0.15) is 50.8 Å². The summed E-state index contributed by atoms with van der Waals surface area (Å²) in [5.41, 5.74) is 2.57. The lowest BCUT2D eigenvalue weighted by atomic mass is 9.85. The second kappa shape index (κ2) is 5.25. The van der Waals surface area contributed by atoms with Crippen molar-refractivity contribution in [1.29, 1.82) is 0 Å². The smallest absolute Gasteiger partial charge is 0.138 e. The first-order valence-corrected chi connectivity index (χ1v) is 7.21. The number of aromatic nitrogens is 1. The van der Waals surface area contributed by atoms with Crippen molar-refractivity contribution in [3.8, 4) is 0 Å². The number of nitrogens with zero attached hydrogens (tertiary/aromatic N) is 2. The molecular weight excluding hydrogens is 238 g/mol. The highest BCUT2D eigenvalue weighted by molar-refractivity contribution is 5.24. The van der Waals surface area contributed by atoms with Crippen molar-refractivity contribution in [2.45, 2.75) is 53.6 Å². The number of rotatable bonds is 2. The molecule has 1 fully saturated rings. The van der Waals surface area contributed by atoms with Gasteiger partial charge in [0.2, 0.25) is 0 Å². The molecule has 1 aliphatic heterocycles. The van der Waals surface area contributed by atoms with Gasteiger partial charge in [0.1, 0.15) is 5.76 Å². The van der Waals surface area contributed by atoms with E-state index < -0.39 is 0 Å². The normalized spacial score (nSPS) is 23.6. The molecule has 2 unspecified atom stereocenters. The Balaban J connectivity index is 2.14. The lowest BCUT2D eigenvalue weighted by Crippen LogP contribution is -2.56. The summed E-state index contributed by atoms with van der Waals surface area (Å²) in [6.45, 7) is 16.4. The van der Waals surface area contributed by atoms with Crippen LogP contribution in [0.2, 0.25) is 0 Å². The van der Waals surface area contributed by atoms with E-state index in [9.17, 15) is 0 Å². The van der Waals surface area contributed by atoms with Gasteiger partial charge >= 0.3 is 0 Å². The third-order valence-corrected chi connectivity index (χ3v) is 4.31. The molecule has 0 radical (unpaired) electrons. The Bertz CT molecular complexity index is 414. The number of aryl methyl sites for hydroxylation is 2. The first kappa shape index (κ1) is 14.5. The molecule has 1 saturated heterocycles. The minimum Gasteiger partial charge on any atom is -0.361 e. The maximum Gasteiger partial charge on any atom is 0.138 e. The summed E-state index contributed by atoms with van der Waals surface area (Å²) in [5.74, 6) is 0.954. The standard InChI is InChI=1S/C15H27N3O/c1-10-14(12(3)19-17-10)11(2)18-8-7-16-13(9-18)15(4,5)6/h11,13,16H,7-9H2,1-6H3. The van der Waals surface area contributed by atoms with E-state index in [1.807, 2.05) is 13.8 Å². The first-order valence-electron chi connectivity index (χ1n) is 7.21. The Labute approximate surface area is 116 Å². The van der Waals surface area contributed by atoms with Crippen LogP contribution in [0.15, 0.2) is 4.52 Å². The number of piperazine rings is 1. The average Bonchev–Trinajstić information content (AvgIpc) is 2.67. The fourth-order valence-corrected chi connectivity index (χ4v) is 2.97. The molecule has 0 amide bonds. The lowest BCUT2D eigenvalue weighted by molar-refractivity contribution is 0.103. The second-order valence-corrected chi connectivity index (χ2v) is 6.78. The van der Waals surface area contributed by atoms with Crippen molar-refractivity contribution in [3.05, 3.63) is 17.0 Å². The lowest BCUT2D eigenvalue weighted by Gasteiger charge is -2.42. The Morgan fingerprint density at radius 1 is 1.37 bits per heavy atom. The molecule has 108 valence electrons. The van der Waals surface area contributed by atoms with Crippen LogP contribution in [0.3, 0.4) is 0 Å². The predicted octanol–water partition coefficient (Wildman–Crippen LogP) is 2.67. The van der Waals surface area contributed by atoms with Gasteiger partial charge in [0.15, 0.2) is 0 Å². The molecule has 2 heterocycles. The molecule has 0 spiro atoms. The molecule has 0 aromatic carbocycles. The van der Waals surface area contributed by atoms with Gasteiger partial charge in [-0.2, -0.15) is 0 Å². The van der Waals surface area contributed by atoms with Gasteiger partial charge in [-0.3, -0.25) is 4.90 Å². The zero-order chi connectivity index (χ0) is 14.2. The van der Waals surface area contributed by atoms with E-state index in [-0.39, 0.29) is 5.41 Å². The van der Waals surface area contributed by atoms with E-state index in [0.29, 0.717) is 12.1 Å². The third kappa shape index (κ3) is 3.00. The topological polar surface area (TPSA) is 41.3 Å². The quantitative estimate of drug-likeness (QED) is 0.892. The molecule has 2 rings (SSSR count). The van der Waals surface area contributed by atoms with Gasteiger partial charge in [0, 0.05) is 37.3 Å². The average molecular weight is 265 g/mol. The van der Waals surface area contributed by atoms with Gasteiger partial charge < -0.3 is 9.84 Å². The third-order valence-electron chi connectivity index (χ3n) is 4.31. The first-order chi connectivity index (χ1) is 8.80. The number of hydrogen-bond acceptors (Lipinski definition) is 4. The maximum atomic E-state index is 5.31. The van der Waals surface area contributed by atoms with Crippen LogP contribution in [-0.4, -0.2) is 35.7 Å². The monoisotopic (exact) mass is 265 g/mol. The zero-order valence-corrected chi connectivity index (χ0v) is 13.1. The van der Waals surface area contributed by atoms with Crippen molar-refractivity contribution >= 4 is 0 Å². The molecule has 1 N–H and O–H groups in total. The van der Waals surface area contributed by atoms with E-state index in [1.165, 1.54) is 5.56 Å². The molecule has 2 atom stereocenters. The summed E-state index contributed by atoms with van der Waals surface area (Å²) in [6, 6.07) is 0.905. The highest BCUT2D eigenvalue weighted by atomic mass is 16.5. The van der Waals surface area contributed by atoms with E-state index in [0.717, 1.165) is 31.1 Å². The molecule has 0 bridgehead atoms. The Morgan fingerprint density at radius 2 is 2.05 bits per heavy atom. The van der Waals surface area contributed by atoms with Crippen molar-refractivity contribution in [3.63, 3.8) is 0 Å². The molecule has 1 aromatic rings. The Kier molecular flexibility index (Phi) is 4.02. The fraction of sp³-hybridized carbons (Fsp3) is 0.800. The summed E-state index contributed by atoms with van der Waals surface area (Å²) in [4.78, 5) is 2.54. The van der Waals surface area contributed by atoms with Crippen LogP contribution >= 0.6 is 0 Å². The Morgan fingerprint density at radius 3 is 2.58 bits per heavy atom. The maximum absolute atomic E-state index is 5.31. The van der Waals surface area contributed by atoms with Crippen molar-refractivity contribution in [1.82, 2.24) is 15.4 Å². The Hall–Kier alpha value is -0.870. The van der Waals surface area contributed by atoms with Crippen LogP contribution in [0, 0.1) is 19.3 Å². The zero-order valence-electron chi connectivity index (χ0n) is 13.1. The molecule has 0 aliphatic carbocycles. The predicted molar refractivity (Wildman–Crippen MR) is 77.2 cm³/mol. The van der Waals surface area contributed by atoms with Crippen LogP contribution in [-0.2, 0) is 0 Å². The highest BCUT2D eigenvalue weighted by Gasteiger charge is 2.32. The number of hydrogen-bond donors (Lipinski definition) is 1. The highest BCUT2D eigenvalue weighted by Crippen LogP contribution is 2.30. The summed E-state index contributed by atoms with van der Waals surface area (Å²) >= 11 is 0. The van der Waals surface area contributed by atoms with Gasteiger partial charge in [-0.1, -0.05) is 25.9 Å². The minimum absolute atomic E-state index is 0.289. The summed E-state index contributed by atoms with van der Waals surface area (Å²) in [7, 11) is 0. The van der Waals surface area contributed by atoms with Crippen LogP contribution in [0.4, 0.5) is 0 Å². The van der Waals surface area contributed by atoms with Crippen LogP contribution in [0.5, 0.6) is 0 Å². The van der Waals surface area contributed by atoms with E-state index >= 15 is 0 Å². The summed E-state index contributed by atoms with van der Waals surface area (Å²) < 4.78 is 5.31. The van der Waals surface area contributed by atoms with E-state index in [4.69, 9.17) is 4.52 Å². The molecule has 1 aromatic heterocycles. The summed E-state index contributed by atoms with van der Waals surface area (Å²) in [6.07, 6.45) is 0. The summed E-state index contributed by atoms with van der Waals surface area (Å²) in [5, 5.41) is 7.72. The van der Waals surface area contributed by atoms with Gasteiger partial charge in [0.25, 0.3) is 0 Å². The molecule has 4 nitrogen and oxygen atoms in total. The largest absolute Gasteiger partial charge is 0.361 e. The minimum atomic E-state index is 0.289. The van der Waals surface area contributed by atoms with Crippen molar-refractivity contribution in [2.75, 3.05) is 19.6 Å². The van der Waals surface area contributed by atoms with Crippen LogP contribution < -0.4 is 5.32 Å². The molecule has 4 heteroatoms. The van der Waals surface area contributed by atoms with Gasteiger partial charge in [-0.25, -0.2) is 0 Å². The van der Waals surface area contributed by atoms with Gasteiger partial charge in [0.05, 0.1) is 5.69 Å². The fourth-order valence-electron chi connectivity index (χ4n) is 2.97. The van der Waals surface area contributed by atoms with Crippen LogP contribution in [0.25, 0.3) is 0 Å². The van der Waals surface area contributed by atoms with Crippen molar-refractivity contribution < 1.29 is 4.52 Å². The SMILES string of the molecule is Cc1noc(C)c1C(C)N1CCNC(C(C)(C)C)C1. The van der Waals surface area contributed by atoms with Gasteiger partial charge in [-0.05, 0) is 26.2 Å².